The molecule has 6 nitrogen and oxygen atoms in total. The Morgan fingerprint density at radius 3 is 2.50 bits per heavy atom. The zero-order chi connectivity index (χ0) is 21.9. The lowest BCUT2D eigenvalue weighted by atomic mass is 10.1. The zero-order valence-corrected chi connectivity index (χ0v) is 18.9. The second-order valence-corrected chi connectivity index (χ2v) is 8.96. The number of para-hydroxylation sites is 1. The highest BCUT2D eigenvalue weighted by atomic mass is 32.1. The quantitative estimate of drug-likeness (QED) is 0.485. The maximum Gasteiger partial charge on any atom is 0.255 e. The van der Waals surface area contributed by atoms with Crippen LogP contribution in [0.25, 0.3) is 21.0 Å². The number of aromatic nitrogens is 1. The molecular formula is C25H26N4O2S. The van der Waals surface area contributed by atoms with Crippen molar-refractivity contribution in [3.63, 3.8) is 0 Å². The molecule has 3 aromatic carbocycles. The molecule has 2 heterocycles. The molecule has 1 aliphatic heterocycles. The van der Waals surface area contributed by atoms with Gasteiger partial charge in [0.15, 0.2) is 5.13 Å². The fourth-order valence-electron chi connectivity index (χ4n) is 4.15. The lowest BCUT2D eigenvalue weighted by molar-refractivity contribution is 0.0945. The molecule has 1 amide bonds. The summed E-state index contributed by atoms with van der Waals surface area (Å²) in [5, 5.41) is 6.26. The second-order valence-electron chi connectivity index (χ2n) is 7.95. The van der Waals surface area contributed by atoms with Crippen LogP contribution >= 0.6 is 11.3 Å². The van der Waals surface area contributed by atoms with Gasteiger partial charge in [-0.25, -0.2) is 4.98 Å². The Morgan fingerprint density at radius 1 is 1.03 bits per heavy atom. The summed E-state index contributed by atoms with van der Waals surface area (Å²) in [6.07, 6.45) is 0. The van der Waals surface area contributed by atoms with E-state index >= 15 is 0 Å². The lowest BCUT2D eigenvalue weighted by Crippen LogP contribution is -2.48. The van der Waals surface area contributed by atoms with E-state index in [0.717, 1.165) is 54.1 Å². The van der Waals surface area contributed by atoms with E-state index in [1.807, 2.05) is 42.5 Å². The highest BCUT2D eigenvalue weighted by molar-refractivity contribution is 7.22. The Hall–Kier alpha value is -3.16. The van der Waals surface area contributed by atoms with Crippen LogP contribution in [0.2, 0.25) is 0 Å². The van der Waals surface area contributed by atoms with Crippen LogP contribution in [-0.2, 0) is 0 Å². The molecule has 1 aromatic heterocycles. The molecule has 7 heteroatoms. The van der Waals surface area contributed by atoms with E-state index in [9.17, 15) is 4.79 Å². The van der Waals surface area contributed by atoms with E-state index in [1.165, 1.54) is 4.70 Å². The van der Waals surface area contributed by atoms with Crippen molar-refractivity contribution < 1.29 is 9.53 Å². The summed E-state index contributed by atoms with van der Waals surface area (Å²) in [5.41, 5.74) is 1.65. The van der Waals surface area contributed by atoms with Crippen LogP contribution in [0, 0.1) is 0 Å². The van der Waals surface area contributed by atoms with Gasteiger partial charge in [0.2, 0.25) is 0 Å². The van der Waals surface area contributed by atoms with Gasteiger partial charge in [-0.3, -0.25) is 9.69 Å². The van der Waals surface area contributed by atoms with Gasteiger partial charge in [0, 0.05) is 39.3 Å². The molecule has 1 aliphatic rings. The molecule has 0 aliphatic carbocycles. The summed E-state index contributed by atoms with van der Waals surface area (Å²) in [4.78, 5) is 22.3. The van der Waals surface area contributed by atoms with Crippen LogP contribution < -0.4 is 15.0 Å². The van der Waals surface area contributed by atoms with Crippen molar-refractivity contribution in [2.45, 2.75) is 0 Å². The highest BCUT2D eigenvalue weighted by Crippen LogP contribution is 2.29. The summed E-state index contributed by atoms with van der Waals surface area (Å²) >= 11 is 1.76. The fourth-order valence-corrected chi connectivity index (χ4v) is 5.16. The predicted molar refractivity (Wildman–Crippen MR) is 131 cm³/mol. The molecule has 164 valence electrons. The van der Waals surface area contributed by atoms with Crippen molar-refractivity contribution in [1.82, 2.24) is 15.2 Å². The average molecular weight is 447 g/mol. The van der Waals surface area contributed by atoms with Crippen molar-refractivity contribution in [2.75, 3.05) is 51.3 Å². The van der Waals surface area contributed by atoms with E-state index in [2.05, 4.69) is 33.3 Å². The Kier molecular flexibility index (Phi) is 5.92. The van der Waals surface area contributed by atoms with Crippen LogP contribution in [0.5, 0.6) is 5.75 Å². The molecule has 32 heavy (non-hydrogen) atoms. The van der Waals surface area contributed by atoms with Crippen molar-refractivity contribution in [3.05, 3.63) is 66.2 Å². The summed E-state index contributed by atoms with van der Waals surface area (Å²) in [5.74, 6) is 0.506. The van der Waals surface area contributed by atoms with Crippen LogP contribution in [0.15, 0.2) is 60.7 Å². The Morgan fingerprint density at radius 2 is 1.75 bits per heavy atom. The maximum absolute atomic E-state index is 12.8. The first-order valence-corrected chi connectivity index (χ1v) is 11.7. The minimum absolute atomic E-state index is 0.0966. The van der Waals surface area contributed by atoms with Gasteiger partial charge in [-0.2, -0.15) is 0 Å². The minimum atomic E-state index is -0.0966. The minimum Gasteiger partial charge on any atom is -0.496 e. The standard InChI is InChI=1S/C25H26N4O2S/c1-31-22-17-19-7-3-2-6-18(19)16-20(22)24(30)26-10-11-28-12-14-29(15-13-28)25-27-21-8-4-5-9-23(21)32-25/h2-9,16-17H,10-15H2,1H3,(H,26,30). The summed E-state index contributed by atoms with van der Waals surface area (Å²) in [6.45, 7) is 5.26. The molecule has 4 aromatic rings. The monoisotopic (exact) mass is 446 g/mol. The molecule has 1 saturated heterocycles. The van der Waals surface area contributed by atoms with Gasteiger partial charge < -0.3 is 15.0 Å². The topological polar surface area (TPSA) is 57.7 Å². The van der Waals surface area contributed by atoms with Gasteiger partial charge in [-0.1, -0.05) is 47.7 Å². The van der Waals surface area contributed by atoms with Crippen LogP contribution in [0.3, 0.4) is 0 Å². The number of ether oxygens (including phenoxy) is 1. The third kappa shape index (κ3) is 4.26. The van der Waals surface area contributed by atoms with E-state index in [0.29, 0.717) is 17.9 Å². The molecule has 1 fully saturated rings. The molecule has 0 atom stereocenters. The number of carbonyl (C=O) groups is 1. The molecule has 5 rings (SSSR count). The van der Waals surface area contributed by atoms with Crippen molar-refractivity contribution in [2.24, 2.45) is 0 Å². The van der Waals surface area contributed by atoms with E-state index < -0.39 is 0 Å². The third-order valence-corrected chi connectivity index (χ3v) is 7.05. The normalized spacial score (nSPS) is 14.7. The summed E-state index contributed by atoms with van der Waals surface area (Å²) < 4.78 is 6.70. The molecule has 0 unspecified atom stereocenters. The number of nitrogens with one attached hydrogen (secondary N) is 1. The fraction of sp³-hybridized carbons (Fsp3) is 0.280. The number of hydrogen-bond acceptors (Lipinski definition) is 6. The molecule has 1 N–H and O–H groups in total. The SMILES string of the molecule is COc1cc2ccccc2cc1C(=O)NCCN1CCN(c2nc3ccccc3s2)CC1. The number of methoxy groups -OCH3 is 1. The number of rotatable bonds is 6. The number of thiazole rings is 1. The average Bonchev–Trinajstić information content (AvgIpc) is 3.28. The van der Waals surface area contributed by atoms with Gasteiger partial charge in [0.25, 0.3) is 5.91 Å². The number of carbonyl (C=O) groups excluding carboxylic acids is 1. The van der Waals surface area contributed by atoms with E-state index in [1.54, 1.807) is 18.4 Å². The van der Waals surface area contributed by atoms with Gasteiger partial charge in [-0.05, 0) is 35.0 Å². The first-order chi connectivity index (χ1) is 15.7. The number of hydrogen-bond donors (Lipinski definition) is 1. The number of fused-ring (bicyclic) bond motifs is 2. The largest absolute Gasteiger partial charge is 0.496 e. The molecule has 0 bridgehead atoms. The number of nitrogens with zero attached hydrogens (tertiary/aromatic N) is 3. The Bertz CT molecular complexity index is 1210. The Labute approximate surface area is 191 Å². The number of anilines is 1. The van der Waals surface area contributed by atoms with Crippen molar-refractivity contribution in [3.8, 4) is 5.75 Å². The summed E-state index contributed by atoms with van der Waals surface area (Å²) in [7, 11) is 1.60. The number of piperazine rings is 1. The van der Waals surface area contributed by atoms with Crippen LogP contribution in [0.4, 0.5) is 5.13 Å². The van der Waals surface area contributed by atoms with E-state index in [4.69, 9.17) is 9.72 Å². The van der Waals surface area contributed by atoms with Crippen molar-refractivity contribution >= 4 is 43.4 Å². The summed E-state index contributed by atoms with van der Waals surface area (Å²) in [6, 6.07) is 20.1. The maximum atomic E-state index is 12.8. The van der Waals surface area contributed by atoms with Gasteiger partial charge in [-0.15, -0.1) is 0 Å². The first kappa shape index (κ1) is 20.7. The molecule has 0 saturated carbocycles. The van der Waals surface area contributed by atoms with E-state index in [-0.39, 0.29) is 5.91 Å². The first-order valence-electron chi connectivity index (χ1n) is 10.9. The number of amides is 1. The van der Waals surface area contributed by atoms with Gasteiger partial charge >= 0.3 is 0 Å². The van der Waals surface area contributed by atoms with Crippen molar-refractivity contribution in [1.29, 1.82) is 0 Å². The second kappa shape index (κ2) is 9.14. The van der Waals surface area contributed by atoms with Gasteiger partial charge in [0.1, 0.15) is 5.75 Å². The van der Waals surface area contributed by atoms with Gasteiger partial charge in [0.05, 0.1) is 22.9 Å². The third-order valence-electron chi connectivity index (χ3n) is 5.95. The zero-order valence-electron chi connectivity index (χ0n) is 18.1. The predicted octanol–water partition coefficient (Wildman–Crippen LogP) is 4.01. The molecular weight excluding hydrogens is 420 g/mol. The Balaban J connectivity index is 1.14. The molecule has 0 spiro atoms. The lowest BCUT2D eigenvalue weighted by Gasteiger charge is -2.34. The number of benzene rings is 3. The van der Waals surface area contributed by atoms with Crippen LogP contribution in [-0.4, -0.2) is 62.2 Å². The molecule has 0 radical (unpaired) electrons. The van der Waals surface area contributed by atoms with Crippen LogP contribution in [0.1, 0.15) is 10.4 Å². The smallest absolute Gasteiger partial charge is 0.255 e. The highest BCUT2D eigenvalue weighted by Gasteiger charge is 2.20.